The fourth-order valence-corrected chi connectivity index (χ4v) is 4.26. The van der Waals surface area contributed by atoms with Gasteiger partial charge in [0.1, 0.15) is 0 Å². The van der Waals surface area contributed by atoms with Gasteiger partial charge in [-0.3, -0.25) is 9.59 Å². The number of hydrogen-bond acceptors (Lipinski definition) is 2. The van der Waals surface area contributed by atoms with Crippen molar-refractivity contribution < 1.29 is 9.59 Å². The van der Waals surface area contributed by atoms with Crippen LogP contribution in [0.3, 0.4) is 0 Å². The molecule has 6 heteroatoms. The van der Waals surface area contributed by atoms with Crippen molar-refractivity contribution in [2.45, 2.75) is 13.8 Å². The SMILES string of the molecule is Cc1cc(-c2ccc(NC(=O)/C=C/c3ccccc3Cl)c(C)c2)ccc1NC(=O)/C=C/c1ccccc1Cl. The summed E-state index contributed by atoms with van der Waals surface area (Å²) >= 11 is 12.3. The Morgan fingerprint density at radius 3 is 1.37 bits per heavy atom. The minimum atomic E-state index is -0.236. The van der Waals surface area contributed by atoms with E-state index >= 15 is 0 Å². The monoisotopic (exact) mass is 540 g/mol. The van der Waals surface area contributed by atoms with Gasteiger partial charge in [0.15, 0.2) is 0 Å². The Morgan fingerprint density at radius 2 is 1.00 bits per heavy atom. The van der Waals surface area contributed by atoms with E-state index < -0.39 is 0 Å². The molecule has 4 aromatic carbocycles. The molecule has 0 fully saturated rings. The lowest BCUT2D eigenvalue weighted by Crippen LogP contribution is -2.09. The molecule has 0 aliphatic carbocycles. The summed E-state index contributed by atoms with van der Waals surface area (Å²) in [6.07, 6.45) is 6.32. The number of benzene rings is 4. The molecule has 0 saturated heterocycles. The molecule has 0 spiro atoms. The molecule has 0 unspecified atom stereocenters. The van der Waals surface area contributed by atoms with Gasteiger partial charge >= 0.3 is 0 Å². The summed E-state index contributed by atoms with van der Waals surface area (Å²) in [7, 11) is 0. The molecular formula is C32H26Cl2N2O2. The van der Waals surface area contributed by atoms with Crippen LogP contribution in [0.4, 0.5) is 11.4 Å². The van der Waals surface area contributed by atoms with Crippen molar-refractivity contribution in [1.29, 1.82) is 0 Å². The summed E-state index contributed by atoms with van der Waals surface area (Å²) in [6, 6.07) is 26.4. The number of aryl methyl sites for hydroxylation is 2. The van der Waals surface area contributed by atoms with E-state index in [0.717, 1.165) is 44.8 Å². The molecule has 190 valence electrons. The molecule has 0 saturated carbocycles. The Kier molecular flexibility index (Phi) is 8.80. The number of hydrogen-bond donors (Lipinski definition) is 2. The first kappa shape index (κ1) is 26.9. The molecule has 2 N–H and O–H groups in total. The standard InChI is InChI=1S/C32H26Cl2N2O2/c1-21-19-25(11-15-29(21)35-31(37)17-13-23-7-3-5-9-27(23)33)26-12-16-30(22(2)20-26)36-32(38)18-14-24-8-4-6-10-28(24)34/h3-20H,1-2H3,(H,35,37)(H,36,38)/b17-13+,18-14+. The van der Waals surface area contributed by atoms with Crippen LogP contribution in [0.1, 0.15) is 22.3 Å². The fourth-order valence-electron chi connectivity index (χ4n) is 3.87. The molecule has 0 atom stereocenters. The summed E-state index contributed by atoms with van der Waals surface area (Å²) in [6.45, 7) is 3.90. The molecule has 0 aliphatic rings. The molecule has 0 bridgehead atoms. The average molecular weight is 541 g/mol. The van der Waals surface area contributed by atoms with Gasteiger partial charge in [0.2, 0.25) is 11.8 Å². The molecule has 0 heterocycles. The molecule has 38 heavy (non-hydrogen) atoms. The van der Waals surface area contributed by atoms with Gasteiger partial charge in [-0.15, -0.1) is 0 Å². The molecule has 0 radical (unpaired) electrons. The highest BCUT2D eigenvalue weighted by atomic mass is 35.5. The fraction of sp³-hybridized carbons (Fsp3) is 0.0625. The highest BCUT2D eigenvalue weighted by Gasteiger charge is 2.08. The second-order valence-corrected chi connectivity index (χ2v) is 9.56. The van der Waals surface area contributed by atoms with Crippen LogP contribution in [0.25, 0.3) is 23.3 Å². The Morgan fingerprint density at radius 1 is 0.605 bits per heavy atom. The van der Waals surface area contributed by atoms with Crippen molar-refractivity contribution in [3.8, 4) is 11.1 Å². The number of carbonyl (C=O) groups is 2. The Bertz CT molecular complexity index is 1440. The Hall–Kier alpha value is -4.12. The van der Waals surface area contributed by atoms with Crippen molar-refractivity contribution in [1.82, 2.24) is 0 Å². The minimum absolute atomic E-state index is 0.236. The van der Waals surface area contributed by atoms with Crippen LogP contribution >= 0.6 is 23.2 Å². The topological polar surface area (TPSA) is 58.2 Å². The Labute approximate surface area is 232 Å². The zero-order valence-corrected chi connectivity index (χ0v) is 22.5. The van der Waals surface area contributed by atoms with Crippen molar-refractivity contribution in [2.24, 2.45) is 0 Å². The third-order valence-electron chi connectivity index (χ3n) is 5.94. The predicted molar refractivity (Wildman–Crippen MR) is 160 cm³/mol. The van der Waals surface area contributed by atoms with Crippen LogP contribution < -0.4 is 10.6 Å². The molecule has 0 aromatic heterocycles. The number of anilines is 2. The third kappa shape index (κ3) is 7.00. The van der Waals surface area contributed by atoms with Gasteiger partial charge in [0.05, 0.1) is 0 Å². The highest BCUT2D eigenvalue weighted by molar-refractivity contribution is 6.32. The maximum Gasteiger partial charge on any atom is 0.248 e. The second-order valence-electron chi connectivity index (χ2n) is 8.75. The van der Waals surface area contributed by atoms with Crippen LogP contribution in [-0.4, -0.2) is 11.8 Å². The summed E-state index contributed by atoms with van der Waals surface area (Å²) in [5.74, 6) is -0.472. The predicted octanol–water partition coefficient (Wildman–Crippen LogP) is 8.58. The molecule has 4 nitrogen and oxygen atoms in total. The van der Waals surface area contributed by atoms with Gasteiger partial charge in [-0.05, 0) is 95.8 Å². The van der Waals surface area contributed by atoms with E-state index in [1.54, 1.807) is 24.3 Å². The van der Waals surface area contributed by atoms with Crippen LogP contribution in [0.5, 0.6) is 0 Å². The average Bonchev–Trinajstić information content (AvgIpc) is 2.90. The van der Waals surface area contributed by atoms with E-state index in [1.165, 1.54) is 12.2 Å². The van der Waals surface area contributed by atoms with Gasteiger partial charge in [-0.1, -0.05) is 71.7 Å². The lowest BCUT2D eigenvalue weighted by Gasteiger charge is -2.12. The van der Waals surface area contributed by atoms with E-state index in [9.17, 15) is 9.59 Å². The van der Waals surface area contributed by atoms with Crippen LogP contribution in [0.2, 0.25) is 10.0 Å². The molecule has 2 amide bonds. The maximum absolute atomic E-state index is 12.4. The number of amides is 2. The first-order valence-corrected chi connectivity index (χ1v) is 12.7. The van der Waals surface area contributed by atoms with Crippen molar-refractivity contribution in [2.75, 3.05) is 10.6 Å². The quantitative estimate of drug-likeness (QED) is 0.230. The maximum atomic E-state index is 12.4. The van der Waals surface area contributed by atoms with Crippen molar-refractivity contribution >= 4 is 58.5 Å². The summed E-state index contributed by atoms with van der Waals surface area (Å²) < 4.78 is 0. The van der Waals surface area contributed by atoms with E-state index in [4.69, 9.17) is 23.2 Å². The van der Waals surface area contributed by atoms with E-state index in [2.05, 4.69) is 10.6 Å². The minimum Gasteiger partial charge on any atom is -0.322 e. The third-order valence-corrected chi connectivity index (χ3v) is 6.63. The van der Waals surface area contributed by atoms with Crippen LogP contribution in [0.15, 0.2) is 97.1 Å². The highest BCUT2D eigenvalue weighted by Crippen LogP contribution is 2.28. The smallest absolute Gasteiger partial charge is 0.248 e. The van der Waals surface area contributed by atoms with Gasteiger partial charge < -0.3 is 10.6 Å². The van der Waals surface area contributed by atoms with Gasteiger partial charge in [0.25, 0.3) is 0 Å². The zero-order chi connectivity index (χ0) is 27.1. The van der Waals surface area contributed by atoms with Gasteiger partial charge in [-0.2, -0.15) is 0 Å². The summed E-state index contributed by atoms with van der Waals surface area (Å²) in [4.78, 5) is 24.9. The number of halogens is 2. The molecule has 0 aliphatic heterocycles. The number of carbonyl (C=O) groups excluding carboxylic acids is 2. The van der Waals surface area contributed by atoms with Gasteiger partial charge in [0, 0.05) is 33.6 Å². The Balaban J connectivity index is 1.41. The zero-order valence-electron chi connectivity index (χ0n) is 21.0. The van der Waals surface area contributed by atoms with Crippen LogP contribution in [-0.2, 0) is 9.59 Å². The summed E-state index contributed by atoms with van der Waals surface area (Å²) in [5, 5.41) is 7.01. The normalized spacial score (nSPS) is 11.2. The van der Waals surface area contributed by atoms with E-state index in [-0.39, 0.29) is 11.8 Å². The largest absolute Gasteiger partial charge is 0.322 e. The first-order chi connectivity index (χ1) is 18.3. The van der Waals surface area contributed by atoms with E-state index in [1.807, 2.05) is 86.6 Å². The first-order valence-electron chi connectivity index (χ1n) is 12.0. The van der Waals surface area contributed by atoms with E-state index in [0.29, 0.717) is 10.0 Å². The van der Waals surface area contributed by atoms with Gasteiger partial charge in [-0.25, -0.2) is 0 Å². The van der Waals surface area contributed by atoms with Crippen molar-refractivity contribution in [3.05, 3.63) is 129 Å². The molecular weight excluding hydrogens is 515 g/mol. The number of rotatable bonds is 7. The summed E-state index contributed by atoms with van der Waals surface area (Å²) in [5.41, 5.74) is 6.90. The van der Waals surface area contributed by atoms with Crippen LogP contribution in [0, 0.1) is 13.8 Å². The molecule has 4 aromatic rings. The van der Waals surface area contributed by atoms with Crippen molar-refractivity contribution in [3.63, 3.8) is 0 Å². The second kappa shape index (κ2) is 12.4. The lowest BCUT2D eigenvalue weighted by molar-refractivity contribution is -0.112. The lowest BCUT2D eigenvalue weighted by atomic mass is 10.00. The molecule has 4 rings (SSSR count). The number of nitrogens with one attached hydrogen (secondary N) is 2.